The van der Waals surface area contributed by atoms with Crippen molar-refractivity contribution in [2.75, 3.05) is 5.32 Å². The van der Waals surface area contributed by atoms with Crippen LogP contribution in [0.15, 0.2) is 46.0 Å². The lowest BCUT2D eigenvalue weighted by atomic mass is 10.1. The van der Waals surface area contributed by atoms with Gasteiger partial charge >= 0.3 is 0 Å². The van der Waals surface area contributed by atoms with E-state index in [1.165, 1.54) is 6.21 Å². The Hall–Kier alpha value is -2.67. The summed E-state index contributed by atoms with van der Waals surface area (Å²) in [6.45, 7) is 7.81. The molecule has 0 bridgehead atoms. The average Bonchev–Trinajstić information content (AvgIpc) is 2.65. The first kappa shape index (κ1) is 22.6. The van der Waals surface area contributed by atoms with E-state index in [-0.39, 0.29) is 30.8 Å². The summed E-state index contributed by atoms with van der Waals surface area (Å²) in [5.41, 5.74) is 6.07. The molecule has 6 nitrogen and oxygen atoms in total. The third-order valence-electron chi connectivity index (χ3n) is 4.19. The number of hydrogen-bond donors (Lipinski definition) is 2. The van der Waals surface area contributed by atoms with E-state index in [1.807, 2.05) is 64.1 Å². The van der Waals surface area contributed by atoms with Crippen molar-refractivity contribution in [1.82, 2.24) is 5.43 Å². The second-order valence-corrected chi connectivity index (χ2v) is 7.85. The molecule has 0 saturated carbocycles. The highest BCUT2D eigenvalue weighted by Crippen LogP contribution is 2.23. The minimum absolute atomic E-state index is 0.0217. The normalized spacial score (nSPS) is 11.0. The van der Waals surface area contributed by atoms with Gasteiger partial charge in [-0.15, -0.1) is 0 Å². The van der Waals surface area contributed by atoms with Crippen LogP contribution in [0, 0.1) is 13.8 Å². The maximum absolute atomic E-state index is 12.1. The molecule has 0 atom stereocenters. The smallest absolute Gasteiger partial charge is 0.240 e. The number of amides is 2. The minimum atomic E-state index is -0.335. The van der Waals surface area contributed by atoms with Gasteiger partial charge in [0, 0.05) is 28.6 Å². The van der Waals surface area contributed by atoms with Crippen LogP contribution >= 0.6 is 15.9 Å². The molecule has 2 rings (SSSR count). The van der Waals surface area contributed by atoms with Crippen LogP contribution in [0.2, 0.25) is 0 Å². The van der Waals surface area contributed by atoms with Crippen molar-refractivity contribution in [3.63, 3.8) is 0 Å². The number of halogens is 1. The predicted molar refractivity (Wildman–Crippen MR) is 119 cm³/mol. The molecule has 0 spiro atoms. The average molecular weight is 460 g/mol. The van der Waals surface area contributed by atoms with Crippen LogP contribution in [0.25, 0.3) is 0 Å². The first-order valence-corrected chi connectivity index (χ1v) is 10.2. The molecule has 29 heavy (non-hydrogen) atoms. The van der Waals surface area contributed by atoms with Crippen molar-refractivity contribution < 1.29 is 14.3 Å². The van der Waals surface area contributed by atoms with Crippen molar-refractivity contribution in [3.8, 4) is 5.75 Å². The highest BCUT2D eigenvalue weighted by Gasteiger charge is 2.09. The number of nitrogens with zero attached hydrogens (tertiary/aromatic N) is 1. The molecule has 0 fully saturated rings. The van der Waals surface area contributed by atoms with E-state index < -0.39 is 0 Å². The van der Waals surface area contributed by atoms with E-state index in [2.05, 4.69) is 31.8 Å². The second-order valence-electron chi connectivity index (χ2n) is 6.94. The van der Waals surface area contributed by atoms with E-state index >= 15 is 0 Å². The zero-order chi connectivity index (χ0) is 21.4. The summed E-state index contributed by atoms with van der Waals surface area (Å²) in [7, 11) is 0. The lowest BCUT2D eigenvalue weighted by Gasteiger charge is -2.12. The maximum atomic E-state index is 12.1. The number of benzene rings is 2. The monoisotopic (exact) mass is 459 g/mol. The molecule has 2 aromatic rings. The number of nitrogens with one attached hydrogen (secondary N) is 2. The van der Waals surface area contributed by atoms with Crippen LogP contribution in [0.4, 0.5) is 5.69 Å². The summed E-state index contributed by atoms with van der Waals surface area (Å²) in [6.07, 6.45) is 1.67. The van der Waals surface area contributed by atoms with Crippen molar-refractivity contribution in [1.29, 1.82) is 0 Å². The van der Waals surface area contributed by atoms with Gasteiger partial charge in [-0.1, -0.05) is 28.1 Å². The van der Waals surface area contributed by atoms with Crippen LogP contribution in [0.3, 0.4) is 0 Å². The molecule has 0 aromatic heterocycles. The van der Waals surface area contributed by atoms with Crippen molar-refractivity contribution in [2.45, 2.75) is 46.6 Å². The minimum Gasteiger partial charge on any atom is -0.490 e. The van der Waals surface area contributed by atoms with Gasteiger partial charge in [-0.05, 0) is 63.1 Å². The number of rotatable bonds is 8. The van der Waals surface area contributed by atoms with Crippen molar-refractivity contribution >= 4 is 39.6 Å². The molecule has 2 N–H and O–H groups in total. The summed E-state index contributed by atoms with van der Waals surface area (Å²) in [4.78, 5) is 24.1. The van der Waals surface area contributed by atoms with Gasteiger partial charge in [-0.3, -0.25) is 9.59 Å². The molecular formula is C22H26BrN3O3. The van der Waals surface area contributed by atoms with Crippen molar-refractivity contribution in [2.24, 2.45) is 5.10 Å². The fourth-order valence-electron chi connectivity index (χ4n) is 2.54. The highest BCUT2D eigenvalue weighted by molar-refractivity contribution is 9.10. The van der Waals surface area contributed by atoms with E-state index in [1.54, 1.807) is 0 Å². The summed E-state index contributed by atoms with van der Waals surface area (Å²) in [5.74, 6) is 0.130. The van der Waals surface area contributed by atoms with Gasteiger partial charge in [0.1, 0.15) is 5.75 Å². The standard InChI is InChI=1S/C22H26BrN3O3/c1-14(2)29-20-9-8-18(23)12-17(20)13-24-26-22(28)11-10-21(27)25-19-7-5-6-15(3)16(19)4/h5-9,12-14H,10-11H2,1-4H3,(H,25,27)(H,26,28). The Morgan fingerprint density at radius 3 is 2.59 bits per heavy atom. The molecule has 0 unspecified atom stereocenters. The summed E-state index contributed by atoms with van der Waals surface area (Å²) >= 11 is 3.41. The SMILES string of the molecule is Cc1cccc(NC(=O)CCC(=O)NN=Cc2cc(Br)ccc2OC(C)C)c1C. The molecule has 0 radical (unpaired) electrons. The van der Waals surface area contributed by atoms with Gasteiger partial charge in [0.15, 0.2) is 0 Å². The number of carbonyl (C=O) groups is 2. The summed E-state index contributed by atoms with van der Waals surface area (Å²) in [6, 6.07) is 11.3. The van der Waals surface area contributed by atoms with Crippen LogP contribution in [0.5, 0.6) is 5.75 Å². The topological polar surface area (TPSA) is 79.8 Å². The fourth-order valence-corrected chi connectivity index (χ4v) is 2.92. The Bertz CT molecular complexity index is 910. The van der Waals surface area contributed by atoms with Gasteiger partial charge in [-0.2, -0.15) is 5.10 Å². The molecule has 0 aliphatic carbocycles. The molecule has 2 amide bonds. The Balaban J connectivity index is 1.86. The number of hydrogen-bond acceptors (Lipinski definition) is 4. The number of ether oxygens (including phenoxy) is 1. The largest absolute Gasteiger partial charge is 0.490 e. The van der Waals surface area contributed by atoms with Gasteiger partial charge in [0.2, 0.25) is 11.8 Å². The van der Waals surface area contributed by atoms with E-state index in [9.17, 15) is 9.59 Å². The molecule has 0 heterocycles. The molecule has 2 aromatic carbocycles. The Morgan fingerprint density at radius 2 is 1.86 bits per heavy atom. The van der Waals surface area contributed by atoms with E-state index in [4.69, 9.17) is 4.74 Å². The van der Waals surface area contributed by atoms with Gasteiger partial charge < -0.3 is 10.1 Å². The first-order valence-electron chi connectivity index (χ1n) is 9.40. The first-order chi connectivity index (χ1) is 13.8. The number of hydrazone groups is 1. The molecule has 0 aliphatic heterocycles. The molecular weight excluding hydrogens is 434 g/mol. The number of anilines is 1. The number of carbonyl (C=O) groups excluding carboxylic acids is 2. The van der Waals surface area contributed by atoms with Crippen molar-refractivity contribution in [3.05, 3.63) is 57.6 Å². The van der Waals surface area contributed by atoms with Crippen LogP contribution in [0.1, 0.15) is 43.4 Å². The van der Waals surface area contributed by atoms with Crippen LogP contribution in [-0.2, 0) is 9.59 Å². The second kappa shape index (κ2) is 10.8. The molecule has 0 aliphatic rings. The molecule has 0 saturated heterocycles. The lowest BCUT2D eigenvalue weighted by molar-refractivity contribution is -0.124. The van der Waals surface area contributed by atoms with Crippen LogP contribution < -0.4 is 15.5 Å². The Kier molecular flexibility index (Phi) is 8.39. The fraction of sp³-hybridized carbons (Fsp3) is 0.318. The maximum Gasteiger partial charge on any atom is 0.240 e. The Morgan fingerprint density at radius 1 is 1.14 bits per heavy atom. The lowest BCUT2D eigenvalue weighted by Crippen LogP contribution is -2.21. The quantitative estimate of drug-likeness (QED) is 0.442. The predicted octanol–water partition coefficient (Wildman–Crippen LogP) is 4.72. The summed E-state index contributed by atoms with van der Waals surface area (Å²) < 4.78 is 6.61. The van der Waals surface area contributed by atoms with Gasteiger partial charge in [0.25, 0.3) is 0 Å². The highest BCUT2D eigenvalue weighted by atomic mass is 79.9. The molecule has 7 heteroatoms. The Labute approximate surface area is 179 Å². The zero-order valence-corrected chi connectivity index (χ0v) is 18.7. The zero-order valence-electron chi connectivity index (χ0n) is 17.1. The third-order valence-corrected chi connectivity index (χ3v) is 4.68. The van der Waals surface area contributed by atoms with Crippen LogP contribution in [-0.4, -0.2) is 24.1 Å². The number of aryl methyl sites for hydroxylation is 1. The third kappa shape index (κ3) is 7.34. The molecule has 154 valence electrons. The van der Waals surface area contributed by atoms with E-state index in [0.29, 0.717) is 5.75 Å². The van der Waals surface area contributed by atoms with Gasteiger partial charge in [0.05, 0.1) is 12.3 Å². The van der Waals surface area contributed by atoms with Gasteiger partial charge in [-0.25, -0.2) is 5.43 Å². The van der Waals surface area contributed by atoms with E-state index in [0.717, 1.165) is 26.9 Å². The summed E-state index contributed by atoms with van der Waals surface area (Å²) in [5, 5.41) is 6.82.